The molecule has 0 saturated heterocycles. The molecule has 0 unspecified atom stereocenters. The van der Waals surface area contributed by atoms with Crippen LogP contribution in [-0.2, 0) is 12.8 Å². The maximum atomic E-state index is 5.75. The number of nitrogens with zero attached hydrogens (tertiary/aromatic N) is 1. The summed E-state index contributed by atoms with van der Waals surface area (Å²) in [6.07, 6.45) is 1.96. The summed E-state index contributed by atoms with van der Waals surface area (Å²) in [6, 6.07) is 8.30. The maximum Gasteiger partial charge on any atom is 0.119 e. The van der Waals surface area contributed by atoms with Crippen molar-refractivity contribution in [1.29, 1.82) is 0 Å². The summed E-state index contributed by atoms with van der Waals surface area (Å²) in [5, 5.41) is 7.18. The molecule has 1 N–H and O–H groups in total. The molecule has 1 aromatic carbocycles. The van der Waals surface area contributed by atoms with Crippen LogP contribution in [0.3, 0.4) is 0 Å². The van der Waals surface area contributed by atoms with Crippen LogP contribution in [0, 0.1) is 13.8 Å². The fourth-order valence-corrected chi connectivity index (χ4v) is 2.03. The third-order valence-corrected chi connectivity index (χ3v) is 3.23. The average molecular weight is 244 g/mol. The Hall–Kier alpha value is -1.77. The lowest BCUT2D eigenvalue weighted by Gasteiger charge is -2.07. The van der Waals surface area contributed by atoms with Crippen molar-refractivity contribution in [2.24, 2.45) is 0 Å². The Bertz CT molecular complexity index is 480. The number of aromatic nitrogens is 2. The van der Waals surface area contributed by atoms with E-state index in [1.807, 2.05) is 26.0 Å². The van der Waals surface area contributed by atoms with Gasteiger partial charge < -0.3 is 4.74 Å². The van der Waals surface area contributed by atoms with Crippen LogP contribution in [0.15, 0.2) is 24.3 Å². The van der Waals surface area contributed by atoms with Crippen molar-refractivity contribution in [1.82, 2.24) is 10.2 Å². The topological polar surface area (TPSA) is 37.9 Å². The molecule has 0 saturated carbocycles. The molecule has 2 aromatic rings. The van der Waals surface area contributed by atoms with Gasteiger partial charge in [0.2, 0.25) is 0 Å². The van der Waals surface area contributed by atoms with Gasteiger partial charge in [0.1, 0.15) is 5.75 Å². The van der Waals surface area contributed by atoms with Crippen LogP contribution in [0.2, 0.25) is 0 Å². The smallest absolute Gasteiger partial charge is 0.119 e. The minimum absolute atomic E-state index is 0.687. The molecular weight excluding hydrogens is 224 g/mol. The van der Waals surface area contributed by atoms with Crippen LogP contribution < -0.4 is 4.74 Å². The normalized spacial score (nSPS) is 10.6. The summed E-state index contributed by atoms with van der Waals surface area (Å²) >= 11 is 0. The molecule has 18 heavy (non-hydrogen) atoms. The predicted molar refractivity (Wildman–Crippen MR) is 73.1 cm³/mol. The lowest BCUT2D eigenvalue weighted by atomic mass is 10.1. The number of ether oxygens (including phenoxy) is 1. The molecule has 3 nitrogen and oxygen atoms in total. The van der Waals surface area contributed by atoms with Crippen molar-refractivity contribution in [2.45, 2.75) is 33.6 Å². The highest BCUT2D eigenvalue weighted by atomic mass is 16.5. The van der Waals surface area contributed by atoms with Crippen LogP contribution in [0.1, 0.15) is 29.4 Å². The van der Waals surface area contributed by atoms with E-state index in [9.17, 15) is 0 Å². The van der Waals surface area contributed by atoms with Gasteiger partial charge in [0.05, 0.1) is 12.3 Å². The minimum atomic E-state index is 0.687. The Morgan fingerprint density at radius 2 is 1.89 bits per heavy atom. The van der Waals surface area contributed by atoms with Gasteiger partial charge in [-0.1, -0.05) is 19.1 Å². The second-order valence-corrected chi connectivity index (χ2v) is 4.51. The lowest BCUT2D eigenvalue weighted by molar-refractivity contribution is 0.321. The first-order valence-corrected chi connectivity index (χ1v) is 6.43. The van der Waals surface area contributed by atoms with Crippen LogP contribution >= 0.6 is 0 Å². The first-order valence-electron chi connectivity index (χ1n) is 6.43. The van der Waals surface area contributed by atoms with E-state index in [1.54, 1.807) is 0 Å². The van der Waals surface area contributed by atoms with Crippen LogP contribution in [-0.4, -0.2) is 16.8 Å². The van der Waals surface area contributed by atoms with Crippen LogP contribution in [0.5, 0.6) is 5.75 Å². The number of hydrogen-bond donors (Lipinski definition) is 1. The van der Waals surface area contributed by atoms with Gasteiger partial charge in [-0.3, -0.25) is 5.10 Å². The molecule has 1 aromatic heterocycles. The van der Waals surface area contributed by atoms with E-state index >= 15 is 0 Å². The third-order valence-electron chi connectivity index (χ3n) is 3.23. The lowest BCUT2D eigenvalue weighted by Crippen LogP contribution is -2.03. The second kappa shape index (κ2) is 5.71. The van der Waals surface area contributed by atoms with E-state index in [4.69, 9.17) is 4.74 Å². The summed E-state index contributed by atoms with van der Waals surface area (Å²) in [5.41, 5.74) is 4.80. The van der Waals surface area contributed by atoms with Crippen molar-refractivity contribution in [3.05, 3.63) is 46.8 Å². The fourth-order valence-electron chi connectivity index (χ4n) is 2.03. The Morgan fingerprint density at radius 1 is 1.17 bits per heavy atom. The summed E-state index contributed by atoms with van der Waals surface area (Å²) < 4.78 is 5.75. The number of nitrogens with one attached hydrogen (secondary N) is 1. The van der Waals surface area contributed by atoms with Crippen LogP contribution in [0.4, 0.5) is 0 Å². The van der Waals surface area contributed by atoms with Crippen molar-refractivity contribution < 1.29 is 4.74 Å². The Labute approximate surface area is 108 Å². The number of hydrogen-bond acceptors (Lipinski definition) is 2. The highest BCUT2D eigenvalue weighted by Gasteiger charge is 2.05. The van der Waals surface area contributed by atoms with E-state index in [0.717, 1.165) is 30.0 Å². The molecule has 0 spiro atoms. The predicted octanol–water partition coefficient (Wildman–Crippen LogP) is 3.21. The summed E-state index contributed by atoms with van der Waals surface area (Å²) in [5.74, 6) is 0.936. The molecule has 0 fully saturated rings. The molecule has 0 aliphatic rings. The first kappa shape index (κ1) is 12.7. The Balaban J connectivity index is 1.88. The number of aryl methyl sites for hydroxylation is 3. The van der Waals surface area contributed by atoms with Gasteiger partial charge in [-0.05, 0) is 43.5 Å². The van der Waals surface area contributed by atoms with Crippen molar-refractivity contribution in [2.75, 3.05) is 6.61 Å². The SMILES string of the molecule is CCc1ccc(OCCc2c(C)n[nH]c2C)cc1. The second-order valence-electron chi connectivity index (χ2n) is 4.51. The van der Waals surface area contributed by atoms with Gasteiger partial charge >= 0.3 is 0 Å². The molecule has 0 amide bonds. The highest BCUT2D eigenvalue weighted by molar-refractivity contribution is 5.27. The molecule has 2 rings (SSSR count). The number of aromatic amines is 1. The van der Waals surface area contributed by atoms with E-state index in [2.05, 4.69) is 29.3 Å². The van der Waals surface area contributed by atoms with E-state index in [-0.39, 0.29) is 0 Å². The Kier molecular flexibility index (Phi) is 4.03. The van der Waals surface area contributed by atoms with Crippen molar-refractivity contribution in [3.63, 3.8) is 0 Å². The zero-order chi connectivity index (χ0) is 13.0. The summed E-state index contributed by atoms with van der Waals surface area (Å²) in [7, 11) is 0. The molecule has 1 heterocycles. The molecule has 0 radical (unpaired) electrons. The van der Waals surface area contributed by atoms with Crippen molar-refractivity contribution >= 4 is 0 Å². The number of rotatable bonds is 5. The zero-order valence-electron chi connectivity index (χ0n) is 11.3. The van der Waals surface area contributed by atoms with Gasteiger partial charge in [0, 0.05) is 12.1 Å². The first-order chi connectivity index (χ1) is 8.70. The van der Waals surface area contributed by atoms with E-state index < -0.39 is 0 Å². The van der Waals surface area contributed by atoms with Gasteiger partial charge in [0.15, 0.2) is 0 Å². The van der Waals surface area contributed by atoms with Gasteiger partial charge in [0.25, 0.3) is 0 Å². The van der Waals surface area contributed by atoms with Gasteiger partial charge in [-0.15, -0.1) is 0 Å². The van der Waals surface area contributed by atoms with E-state index in [1.165, 1.54) is 11.1 Å². The van der Waals surface area contributed by atoms with E-state index in [0.29, 0.717) is 6.61 Å². The van der Waals surface area contributed by atoms with Gasteiger partial charge in [-0.2, -0.15) is 5.10 Å². The average Bonchev–Trinajstić information content (AvgIpc) is 2.71. The Morgan fingerprint density at radius 3 is 2.44 bits per heavy atom. The summed E-state index contributed by atoms with van der Waals surface area (Å²) in [4.78, 5) is 0. The quantitative estimate of drug-likeness (QED) is 0.877. The minimum Gasteiger partial charge on any atom is -0.493 e. The standard InChI is InChI=1S/C15H20N2O/c1-4-13-5-7-14(8-6-13)18-10-9-15-11(2)16-17-12(15)3/h5-8H,4,9-10H2,1-3H3,(H,16,17). The fraction of sp³-hybridized carbons (Fsp3) is 0.400. The summed E-state index contributed by atoms with van der Waals surface area (Å²) in [6.45, 7) is 6.91. The molecule has 0 aliphatic carbocycles. The van der Waals surface area contributed by atoms with Crippen LogP contribution in [0.25, 0.3) is 0 Å². The molecule has 0 bridgehead atoms. The molecular formula is C15H20N2O. The van der Waals surface area contributed by atoms with Crippen molar-refractivity contribution in [3.8, 4) is 5.75 Å². The largest absolute Gasteiger partial charge is 0.493 e. The maximum absolute atomic E-state index is 5.75. The number of benzene rings is 1. The molecule has 3 heteroatoms. The molecule has 0 aliphatic heterocycles. The molecule has 96 valence electrons. The molecule has 0 atom stereocenters. The zero-order valence-corrected chi connectivity index (χ0v) is 11.3. The van der Waals surface area contributed by atoms with Gasteiger partial charge in [-0.25, -0.2) is 0 Å². The highest BCUT2D eigenvalue weighted by Crippen LogP contribution is 2.14. The third kappa shape index (κ3) is 2.92. The monoisotopic (exact) mass is 244 g/mol. The number of H-pyrrole nitrogens is 1.